The zero-order valence-corrected chi connectivity index (χ0v) is 16.7. The standard InChI is InChI=1S/C21H26N4O4/c1-13-7-5-6-10-21(13)19(28)24(20(29)23-21)12-18(27)25-14(2)11-17(26)22-15-8-3-4-9-16(15)25/h3-4,8-9,13-14H,5-7,10-12H2,1-2H3,(H,22,26)(H,23,29)/t13-,14+,21+/m1/s1. The van der Waals surface area contributed by atoms with Crippen molar-refractivity contribution in [1.29, 1.82) is 0 Å². The molecule has 3 atom stereocenters. The van der Waals surface area contributed by atoms with Crippen LogP contribution in [0.4, 0.5) is 16.2 Å². The van der Waals surface area contributed by atoms with Gasteiger partial charge < -0.3 is 15.5 Å². The van der Waals surface area contributed by atoms with Gasteiger partial charge in [-0.15, -0.1) is 0 Å². The number of rotatable bonds is 2. The highest BCUT2D eigenvalue weighted by Gasteiger charge is 2.55. The summed E-state index contributed by atoms with van der Waals surface area (Å²) in [6.45, 7) is 3.43. The van der Waals surface area contributed by atoms with Crippen LogP contribution in [0.2, 0.25) is 0 Å². The smallest absolute Gasteiger partial charge is 0.324 e. The Balaban J connectivity index is 1.60. The number of hydrogen-bond acceptors (Lipinski definition) is 4. The molecule has 0 bridgehead atoms. The van der Waals surface area contributed by atoms with Crippen molar-refractivity contribution >= 4 is 35.1 Å². The molecule has 0 unspecified atom stereocenters. The number of carbonyl (C=O) groups excluding carboxylic acids is 4. The van der Waals surface area contributed by atoms with E-state index in [9.17, 15) is 19.2 Å². The van der Waals surface area contributed by atoms with Crippen LogP contribution in [0.1, 0.15) is 46.0 Å². The van der Waals surface area contributed by atoms with E-state index in [2.05, 4.69) is 10.6 Å². The Kier molecular flexibility index (Phi) is 4.80. The van der Waals surface area contributed by atoms with E-state index in [0.29, 0.717) is 17.8 Å². The summed E-state index contributed by atoms with van der Waals surface area (Å²) >= 11 is 0. The van der Waals surface area contributed by atoms with Crippen LogP contribution in [0, 0.1) is 5.92 Å². The molecule has 2 fully saturated rings. The van der Waals surface area contributed by atoms with Crippen LogP contribution in [-0.4, -0.2) is 46.8 Å². The summed E-state index contributed by atoms with van der Waals surface area (Å²) in [7, 11) is 0. The minimum atomic E-state index is -0.893. The van der Waals surface area contributed by atoms with Gasteiger partial charge in [-0.1, -0.05) is 31.9 Å². The molecule has 154 valence electrons. The molecule has 1 spiro atoms. The van der Waals surface area contributed by atoms with Crippen molar-refractivity contribution < 1.29 is 19.2 Å². The van der Waals surface area contributed by atoms with Crippen LogP contribution in [0.3, 0.4) is 0 Å². The Morgan fingerprint density at radius 1 is 1.17 bits per heavy atom. The molecule has 0 aromatic heterocycles. The number of fused-ring (bicyclic) bond motifs is 1. The van der Waals surface area contributed by atoms with E-state index in [0.717, 1.165) is 24.2 Å². The van der Waals surface area contributed by atoms with E-state index >= 15 is 0 Å². The zero-order chi connectivity index (χ0) is 20.8. The van der Waals surface area contributed by atoms with E-state index < -0.39 is 17.6 Å². The van der Waals surface area contributed by atoms with Crippen LogP contribution in [0.25, 0.3) is 0 Å². The van der Waals surface area contributed by atoms with Gasteiger partial charge in [0.15, 0.2) is 0 Å². The number of urea groups is 1. The molecule has 1 aromatic rings. The minimum Gasteiger partial charge on any atom is -0.324 e. The average Bonchev–Trinajstić information content (AvgIpc) is 2.82. The van der Waals surface area contributed by atoms with Gasteiger partial charge in [0.1, 0.15) is 12.1 Å². The van der Waals surface area contributed by atoms with Crippen LogP contribution in [0.15, 0.2) is 24.3 Å². The van der Waals surface area contributed by atoms with E-state index in [1.165, 1.54) is 4.90 Å². The number of imide groups is 1. The molecule has 8 nitrogen and oxygen atoms in total. The summed E-state index contributed by atoms with van der Waals surface area (Å²) in [6, 6.07) is 6.15. The van der Waals surface area contributed by atoms with Crippen molar-refractivity contribution in [3.63, 3.8) is 0 Å². The van der Waals surface area contributed by atoms with Gasteiger partial charge in [-0.25, -0.2) is 4.79 Å². The molecule has 2 aliphatic heterocycles. The maximum Gasteiger partial charge on any atom is 0.325 e. The van der Waals surface area contributed by atoms with Gasteiger partial charge in [0.05, 0.1) is 11.4 Å². The molecule has 0 radical (unpaired) electrons. The first-order chi connectivity index (χ1) is 13.8. The van der Waals surface area contributed by atoms with Crippen molar-refractivity contribution in [3.05, 3.63) is 24.3 Å². The van der Waals surface area contributed by atoms with Gasteiger partial charge in [0.2, 0.25) is 11.8 Å². The third-order valence-corrected chi connectivity index (χ3v) is 6.42. The Bertz CT molecular complexity index is 885. The highest BCUT2D eigenvalue weighted by atomic mass is 16.2. The number of hydrogen-bond donors (Lipinski definition) is 2. The minimum absolute atomic E-state index is 0.0347. The molecule has 1 saturated carbocycles. The van der Waals surface area contributed by atoms with E-state index in [-0.39, 0.29) is 36.6 Å². The first-order valence-corrected chi connectivity index (χ1v) is 10.2. The van der Waals surface area contributed by atoms with E-state index in [4.69, 9.17) is 0 Å². The summed E-state index contributed by atoms with van der Waals surface area (Å²) in [4.78, 5) is 53.7. The summed E-state index contributed by atoms with van der Waals surface area (Å²) in [5, 5.41) is 5.69. The molecule has 4 rings (SSSR count). The Morgan fingerprint density at radius 3 is 2.69 bits per heavy atom. The van der Waals surface area contributed by atoms with Gasteiger partial charge in [0.25, 0.3) is 5.91 Å². The maximum absolute atomic E-state index is 13.2. The largest absolute Gasteiger partial charge is 0.325 e. The van der Waals surface area contributed by atoms with Crippen LogP contribution < -0.4 is 15.5 Å². The first kappa shape index (κ1) is 19.4. The fourth-order valence-corrected chi connectivity index (χ4v) is 4.82. The van der Waals surface area contributed by atoms with Gasteiger partial charge in [0, 0.05) is 12.5 Å². The topological polar surface area (TPSA) is 98.8 Å². The predicted octanol–water partition coefficient (Wildman–Crippen LogP) is 2.25. The summed E-state index contributed by atoms with van der Waals surface area (Å²) < 4.78 is 0. The zero-order valence-electron chi connectivity index (χ0n) is 16.7. The molecule has 5 amide bonds. The lowest BCUT2D eigenvalue weighted by Gasteiger charge is -2.37. The Labute approximate surface area is 169 Å². The van der Waals surface area contributed by atoms with Crippen molar-refractivity contribution in [2.45, 2.75) is 57.5 Å². The number of benzene rings is 1. The summed E-state index contributed by atoms with van der Waals surface area (Å²) in [5.74, 6) is -0.837. The van der Waals surface area contributed by atoms with Gasteiger partial charge in [-0.2, -0.15) is 0 Å². The second-order valence-corrected chi connectivity index (χ2v) is 8.32. The first-order valence-electron chi connectivity index (χ1n) is 10.2. The second kappa shape index (κ2) is 7.17. The third-order valence-electron chi connectivity index (χ3n) is 6.42. The predicted molar refractivity (Wildman–Crippen MR) is 107 cm³/mol. The van der Waals surface area contributed by atoms with Crippen molar-refractivity contribution in [2.24, 2.45) is 5.92 Å². The van der Waals surface area contributed by atoms with Gasteiger partial charge in [-0.05, 0) is 37.8 Å². The van der Waals surface area contributed by atoms with Crippen molar-refractivity contribution in [3.8, 4) is 0 Å². The lowest BCUT2D eigenvalue weighted by molar-refractivity contribution is -0.137. The second-order valence-electron chi connectivity index (χ2n) is 8.32. The fraction of sp³-hybridized carbons (Fsp3) is 0.524. The number of para-hydroxylation sites is 2. The number of nitrogens with one attached hydrogen (secondary N) is 2. The van der Waals surface area contributed by atoms with Crippen LogP contribution in [0.5, 0.6) is 0 Å². The third kappa shape index (κ3) is 3.16. The number of nitrogens with zero attached hydrogens (tertiary/aromatic N) is 2. The quantitative estimate of drug-likeness (QED) is 0.747. The molecular formula is C21H26N4O4. The number of amides is 5. The van der Waals surface area contributed by atoms with E-state index in [1.807, 2.05) is 6.92 Å². The molecule has 1 aromatic carbocycles. The SMILES string of the molecule is C[C@@H]1CCCC[C@]12NC(=O)N(CC(=O)N1c3ccccc3NC(=O)C[C@@H]1C)C2=O. The number of anilines is 2. The normalized spacial score (nSPS) is 29.4. The van der Waals surface area contributed by atoms with Gasteiger partial charge in [-0.3, -0.25) is 19.3 Å². The molecule has 2 heterocycles. The molecule has 3 aliphatic rings. The fourth-order valence-electron chi connectivity index (χ4n) is 4.82. The van der Waals surface area contributed by atoms with Crippen LogP contribution >= 0.6 is 0 Å². The van der Waals surface area contributed by atoms with E-state index in [1.54, 1.807) is 31.2 Å². The molecule has 29 heavy (non-hydrogen) atoms. The molecule has 1 aliphatic carbocycles. The van der Waals surface area contributed by atoms with Crippen LogP contribution in [-0.2, 0) is 14.4 Å². The Morgan fingerprint density at radius 2 is 1.93 bits per heavy atom. The van der Waals surface area contributed by atoms with Crippen molar-refractivity contribution in [2.75, 3.05) is 16.8 Å². The molecular weight excluding hydrogens is 372 g/mol. The molecule has 8 heteroatoms. The summed E-state index contributed by atoms with van der Waals surface area (Å²) in [5.41, 5.74) is 0.226. The molecule has 2 N–H and O–H groups in total. The average molecular weight is 398 g/mol. The highest BCUT2D eigenvalue weighted by molar-refractivity contribution is 6.12. The number of carbonyl (C=O) groups is 4. The molecule has 1 saturated heterocycles. The lowest BCUT2D eigenvalue weighted by Crippen LogP contribution is -2.54. The maximum atomic E-state index is 13.2. The summed E-state index contributed by atoms with van der Waals surface area (Å²) in [6.07, 6.45) is 3.53. The monoisotopic (exact) mass is 398 g/mol. The van der Waals surface area contributed by atoms with Crippen molar-refractivity contribution in [1.82, 2.24) is 10.2 Å². The highest BCUT2D eigenvalue weighted by Crippen LogP contribution is 2.38. The lowest BCUT2D eigenvalue weighted by atomic mass is 9.73. The Hall–Kier alpha value is -2.90. The van der Waals surface area contributed by atoms with Gasteiger partial charge >= 0.3 is 6.03 Å².